The van der Waals surface area contributed by atoms with Gasteiger partial charge in [0.1, 0.15) is 0 Å². The number of nitrogens with zero attached hydrogens (tertiary/aromatic N) is 1. The molecule has 0 spiro atoms. The van der Waals surface area contributed by atoms with E-state index in [-0.39, 0.29) is 0 Å². The Kier molecular flexibility index (Phi) is 4.38. The first-order valence-corrected chi connectivity index (χ1v) is 7.25. The zero-order valence-corrected chi connectivity index (χ0v) is 10.9. The summed E-state index contributed by atoms with van der Waals surface area (Å²) in [7, 11) is 0. The van der Waals surface area contributed by atoms with Gasteiger partial charge in [-0.2, -0.15) is 11.3 Å². The summed E-state index contributed by atoms with van der Waals surface area (Å²) in [6.45, 7) is 5.31. The molecule has 1 aromatic heterocycles. The third-order valence-electron chi connectivity index (χ3n) is 3.72. The first-order valence-electron chi connectivity index (χ1n) is 6.31. The van der Waals surface area contributed by atoms with Crippen molar-refractivity contribution in [1.82, 2.24) is 4.90 Å². The van der Waals surface area contributed by atoms with Gasteiger partial charge in [0.05, 0.1) is 0 Å². The predicted octanol–water partition coefficient (Wildman–Crippen LogP) is 2.87. The summed E-state index contributed by atoms with van der Waals surface area (Å²) in [5.74, 6) is 0.924. The van der Waals surface area contributed by atoms with E-state index in [2.05, 4.69) is 28.7 Å². The molecular formula is C13H22N2S. The van der Waals surface area contributed by atoms with Crippen LogP contribution in [0.1, 0.15) is 37.8 Å². The Hall–Kier alpha value is -0.380. The monoisotopic (exact) mass is 238 g/mol. The lowest BCUT2D eigenvalue weighted by atomic mass is 9.84. The van der Waals surface area contributed by atoms with Gasteiger partial charge in [0.2, 0.25) is 0 Å². The highest BCUT2D eigenvalue weighted by atomic mass is 32.1. The van der Waals surface area contributed by atoms with E-state index in [0.717, 1.165) is 19.0 Å². The highest BCUT2D eigenvalue weighted by Crippen LogP contribution is 2.30. The molecule has 16 heavy (non-hydrogen) atoms. The molecule has 2 N–H and O–H groups in total. The van der Waals surface area contributed by atoms with Crippen LogP contribution in [0.4, 0.5) is 0 Å². The first-order chi connectivity index (χ1) is 7.85. The van der Waals surface area contributed by atoms with Crippen LogP contribution in [-0.4, -0.2) is 24.5 Å². The van der Waals surface area contributed by atoms with Crippen molar-refractivity contribution in [2.75, 3.05) is 19.6 Å². The van der Waals surface area contributed by atoms with Gasteiger partial charge in [0, 0.05) is 19.1 Å². The van der Waals surface area contributed by atoms with Crippen LogP contribution in [0.2, 0.25) is 0 Å². The van der Waals surface area contributed by atoms with Crippen molar-refractivity contribution in [3.8, 4) is 0 Å². The molecule has 1 heterocycles. The van der Waals surface area contributed by atoms with Crippen molar-refractivity contribution in [2.45, 2.75) is 32.2 Å². The maximum atomic E-state index is 5.94. The Balaban J connectivity index is 1.99. The normalized spacial score (nSPS) is 18.7. The maximum absolute atomic E-state index is 5.94. The van der Waals surface area contributed by atoms with E-state index in [1.54, 1.807) is 11.3 Å². The molecule has 0 bridgehead atoms. The molecule has 0 radical (unpaired) electrons. The first kappa shape index (κ1) is 12.1. The number of hydrogen-bond acceptors (Lipinski definition) is 3. The van der Waals surface area contributed by atoms with Gasteiger partial charge in [-0.05, 0) is 47.7 Å². The fourth-order valence-corrected chi connectivity index (χ4v) is 3.15. The van der Waals surface area contributed by atoms with Crippen LogP contribution in [-0.2, 0) is 0 Å². The average molecular weight is 238 g/mol. The van der Waals surface area contributed by atoms with E-state index in [9.17, 15) is 0 Å². The minimum atomic E-state index is 0.428. The molecule has 1 saturated carbocycles. The molecule has 2 rings (SSSR count). The molecule has 1 aliphatic rings. The van der Waals surface area contributed by atoms with Crippen LogP contribution >= 0.6 is 11.3 Å². The highest BCUT2D eigenvalue weighted by Gasteiger charge is 2.24. The van der Waals surface area contributed by atoms with Crippen molar-refractivity contribution in [3.05, 3.63) is 22.4 Å². The molecule has 0 aliphatic heterocycles. The van der Waals surface area contributed by atoms with Crippen molar-refractivity contribution >= 4 is 11.3 Å². The summed E-state index contributed by atoms with van der Waals surface area (Å²) in [4.78, 5) is 2.55. The summed E-state index contributed by atoms with van der Waals surface area (Å²) in [6, 6.07) is 2.64. The maximum Gasteiger partial charge on any atom is 0.0478 e. The molecule has 0 amide bonds. The lowest BCUT2D eigenvalue weighted by Gasteiger charge is -2.36. The van der Waals surface area contributed by atoms with Crippen LogP contribution in [0.15, 0.2) is 16.8 Å². The zero-order valence-electron chi connectivity index (χ0n) is 10.1. The highest BCUT2D eigenvalue weighted by molar-refractivity contribution is 7.07. The zero-order chi connectivity index (χ0) is 11.4. The third-order valence-corrected chi connectivity index (χ3v) is 4.42. The Morgan fingerprint density at radius 2 is 2.38 bits per heavy atom. The topological polar surface area (TPSA) is 29.3 Å². The van der Waals surface area contributed by atoms with Gasteiger partial charge in [-0.15, -0.1) is 0 Å². The summed E-state index contributed by atoms with van der Waals surface area (Å²) in [5, 5.41) is 4.39. The summed E-state index contributed by atoms with van der Waals surface area (Å²) in [6.07, 6.45) is 4.25. The van der Waals surface area contributed by atoms with Crippen LogP contribution in [0, 0.1) is 5.92 Å². The third kappa shape index (κ3) is 2.65. The average Bonchev–Trinajstić information content (AvgIpc) is 2.74. The van der Waals surface area contributed by atoms with Crippen LogP contribution in [0.25, 0.3) is 0 Å². The summed E-state index contributed by atoms with van der Waals surface area (Å²) < 4.78 is 0. The minimum absolute atomic E-state index is 0.428. The van der Waals surface area contributed by atoms with Crippen molar-refractivity contribution in [2.24, 2.45) is 11.7 Å². The number of thiophene rings is 1. The molecule has 1 aromatic rings. The summed E-state index contributed by atoms with van der Waals surface area (Å²) in [5.41, 5.74) is 7.34. The second kappa shape index (κ2) is 5.80. The quantitative estimate of drug-likeness (QED) is 0.825. The molecule has 0 saturated heterocycles. The van der Waals surface area contributed by atoms with E-state index < -0.39 is 0 Å². The van der Waals surface area contributed by atoms with E-state index in [4.69, 9.17) is 5.73 Å². The SMILES string of the molecule is CCN(CC1CCC1)C(CN)c1ccsc1. The van der Waals surface area contributed by atoms with Crippen molar-refractivity contribution < 1.29 is 0 Å². The number of likely N-dealkylation sites (N-methyl/N-ethyl adjacent to an activating group) is 1. The number of rotatable bonds is 6. The number of hydrogen-bond donors (Lipinski definition) is 1. The Bertz CT molecular complexity index is 293. The fraction of sp³-hybridized carbons (Fsp3) is 0.692. The van der Waals surface area contributed by atoms with E-state index in [1.807, 2.05) is 0 Å². The van der Waals surface area contributed by atoms with Gasteiger partial charge in [-0.3, -0.25) is 4.90 Å². The predicted molar refractivity (Wildman–Crippen MR) is 70.7 cm³/mol. The van der Waals surface area contributed by atoms with E-state index in [1.165, 1.54) is 31.4 Å². The van der Waals surface area contributed by atoms with Gasteiger partial charge in [0.15, 0.2) is 0 Å². The van der Waals surface area contributed by atoms with E-state index >= 15 is 0 Å². The molecule has 1 aliphatic carbocycles. The van der Waals surface area contributed by atoms with Crippen LogP contribution in [0.5, 0.6) is 0 Å². The lowest BCUT2D eigenvalue weighted by molar-refractivity contribution is 0.141. The Morgan fingerprint density at radius 3 is 2.81 bits per heavy atom. The smallest absolute Gasteiger partial charge is 0.0478 e. The second-order valence-corrected chi connectivity index (χ2v) is 5.47. The summed E-state index contributed by atoms with van der Waals surface area (Å²) >= 11 is 1.77. The van der Waals surface area contributed by atoms with Crippen LogP contribution in [0.3, 0.4) is 0 Å². The van der Waals surface area contributed by atoms with Gasteiger partial charge < -0.3 is 5.73 Å². The van der Waals surface area contributed by atoms with Crippen LogP contribution < -0.4 is 5.73 Å². The molecule has 1 fully saturated rings. The standard InChI is InChI=1S/C13H22N2S/c1-2-15(9-11-4-3-5-11)13(8-14)12-6-7-16-10-12/h6-7,10-11,13H,2-5,8-9,14H2,1H3. The molecule has 90 valence electrons. The molecule has 2 nitrogen and oxygen atoms in total. The Labute approximate surface area is 102 Å². The lowest BCUT2D eigenvalue weighted by Crippen LogP contribution is -2.38. The number of nitrogens with two attached hydrogens (primary N) is 1. The molecule has 1 atom stereocenters. The van der Waals surface area contributed by atoms with E-state index in [0.29, 0.717) is 6.04 Å². The van der Waals surface area contributed by atoms with Gasteiger partial charge >= 0.3 is 0 Å². The van der Waals surface area contributed by atoms with Gasteiger partial charge in [0.25, 0.3) is 0 Å². The largest absolute Gasteiger partial charge is 0.329 e. The fourth-order valence-electron chi connectivity index (χ4n) is 2.44. The van der Waals surface area contributed by atoms with Crippen molar-refractivity contribution in [3.63, 3.8) is 0 Å². The molecular weight excluding hydrogens is 216 g/mol. The van der Waals surface area contributed by atoms with Gasteiger partial charge in [-0.25, -0.2) is 0 Å². The molecule has 0 aromatic carbocycles. The molecule has 1 unspecified atom stereocenters. The molecule has 3 heteroatoms. The minimum Gasteiger partial charge on any atom is -0.329 e. The Morgan fingerprint density at radius 1 is 1.56 bits per heavy atom. The van der Waals surface area contributed by atoms with Crippen molar-refractivity contribution in [1.29, 1.82) is 0 Å². The van der Waals surface area contributed by atoms with Gasteiger partial charge in [-0.1, -0.05) is 13.3 Å². The second-order valence-electron chi connectivity index (χ2n) is 4.69.